The SMILES string of the molecule is CC[C@H](C(=O)Nc1ccc(CN2CCN(CC)CC2)cc1)c1ccccc1. The van der Waals surface area contributed by atoms with Gasteiger partial charge < -0.3 is 10.2 Å². The van der Waals surface area contributed by atoms with Crippen LogP contribution in [0.3, 0.4) is 0 Å². The molecule has 0 bridgehead atoms. The van der Waals surface area contributed by atoms with Crippen molar-refractivity contribution >= 4 is 11.6 Å². The highest BCUT2D eigenvalue weighted by molar-refractivity contribution is 5.95. The molecule has 1 aliphatic rings. The van der Waals surface area contributed by atoms with Gasteiger partial charge in [-0.3, -0.25) is 9.69 Å². The van der Waals surface area contributed by atoms with Gasteiger partial charge >= 0.3 is 0 Å². The normalized spacial score (nSPS) is 16.8. The highest BCUT2D eigenvalue weighted by Gasteiger charge is 2.19. The zero-order valence-corrected chi connectivity index (χ0v) is 16.5. The average Bonchev–Trinajstić information content (AvgIpc) is 2.71. The van der Waals surface area contributed by atoms with Crippen LogP contribution in [0.2, 0.25) is 0 Å². The predicted molar refractivity (Wildman–Crippen MR) is 112 cm³/mol. The molecule has 27 heavy (non-hydrogen) atoms. The summed E-state index contributed by atoms with van der Waals surface area (Å²) >= 11 is 0. The molecule has 4 nitrogen and oxygen atoms in total. The van der Waals surface area contributed by atoms with Gasteiger partial charge in [-0.1, -0.05) is 56.3 Å². The standard InChI is InChI=1S/C23H31N3O/c1-3-22(20-8-6-5-7-9-20)23(27)24-21-12-10-19(11-13-21)18-26-16-14-25(4-2)15-17-26/h5-13,22H,3-4,14-18H2,1-2H3,(H,24,27)/t22-/m0/s1. The number of likely N-dealkylation sites (N-methyl/N-ethyl adjacent to an activating group) is 1. The number of anilines is 1. The molecule has 144 valence electrons. The number of amides is 1. The molecule has 2 aromatic rings. The molecule has 1 amide bonds. The maximum atomic E-state index is 12.7. The number of piperazine rings is 1. The number of hydrogen-bond donors (Lipinski definition) is 1. The molecule has 0 unspecified atom stereocenters. The van der Waals surface area contributed by atoms with Crippen LogP contribution in [-0.4, -0.2) is 48.4 Å². The van der Waals surface area contributed by atoms with Crippen LogP contribution in [-0.2, 0) is 11.3 Å². The van der Waals surface area contributed by atoms with Crippen molar-refractivity contribution in [3.63, 3.8) is 0 Å². The molecule has 4 heteroatoms. The molecular weight excluding hydrogens is 334 g/mol. The summed E-state index contributed by atoms with van der Waals surface area (Å²) in [6, 6.07) is 18.3. The Balaban J connectivity index is 1.55. The summed E-state index contributed by atoms with van der Waals surface area (Å²) in [4.78, 5) is 17.7. The number of benzene rings is 2. The van der Waals surface area contributed by atoms with Gasteiger partial charge in [0.1, 0.15) is 0 Å². The van der Waals surface area contributed by atoms with Crippen LogP contribution in [0.5, 0.6) is 0 Å². The smallest absolute Gasteiger partial charge is 0.231 e. The van der Waals surface area contributed by atoms with Crippen LogP contribution in [0.4, 0.5) is 5.69 Å². The lowest BCUT2D eigenvalue weighted by molar-refractivity contribution is -0.117. The quantitative estimate of drug-likeness (QED) is 0.807. The summed E-state index contributed by atoms with van der Waals surface area (Å²) < 4.78 is 0. The van der Waals surface area contributed by atoms with Crippen LogP contribution >= 0.6 is 0 Å². The molecular formula is C23H31N3O. The Bertz CT molecular complexity index is 706. The first-order valence-electron chi connectivity index (χ1n) is 10.1. The maximum Gasteiger partial charge on any atom is 0.231 e. The third-order valence-electron chi connectivity index (χ3n) is 5.47. The number of hydrogen-bond acceptors (Lipinski definition) is 3. The van der Waals surface area contributed by atoms with E-state index in [-0.39, 0.29) is 11.8 Å². The van der Waals surface area contributed by atoms with Crippen molar-refractivity contribution < 1.29 is 4.79 Å². The zero-order valence-electron chi connectivity index (χ0n) is 16.5. The summed E-state index contributed by atoms with van der Waals surface area (Å²) in [5.74, 6) is -0.0483. The second kappa shape index (κ2) is 9.67. The molecule has 1 saturated heterocycles. The second-order valence-electron chi connectivity index (χ2n) is 7.27. The lowest BCUT2D eigenvalue weighted by atomic mass is 9.95. The van der Waals surface area contributed by atoms with Crippen LogP contribution < -0.4 is 5.32 Å². The number of nitrogens with zero attached hydrogens (tertiary/aromatic N) is 2. The fourth-order valence-corrected chi connectivity index (χ4v) is 3.70. The van der Waals surface area contributed by atoms with E-state index in [0.717, 1.165) is 56.9 Å². The third-order valence-corrected chi connectivity index (χ3v) is 5.47. The van der Waals surface area contributed by atoms with E-state index in [0.29, 0.717) is 0 Å². The molecule has 0 spiro atoms. The molecule has 1 N–H and O–H groups in total. The van der Waals surface area contributed by atoms with Gasteiger partial charge in [0.05, 0.1) is 5.92 Å². The topological polar surface area (TPSA) is 35.6 Å². The van der Waals surface area contributed by atoms with Gasteiger partial charge in [-0.15, -0.1) is 0 Å². The fraction of sp³-hybridized carbons (Fsp3) is 0.435. The minimum Gasteiger partial charge on any atom is -0.326 e. The van der Waals surface area contributed by atoms with E-state index in [9.17, 15) is 4.79 Å². The molecule has 1 heterocycles. The monoisotopic (exact) mass is 365 g/mol. The van der Waals surface area contributed by atoms with Gasteiger partial charge in [-0.05, 0) is 36.2 Å². The van der Waals surface area contributed by atoms with Gasteiger partial charge in [0.25, 0.3) is 0 Å². The van der Waals surface area contributed by atoms with Crippen LogP contribution in [0.25, 0.3) is 0 Å². The van der Waals surface area contributed by atoms with E-state index in [4.69, 9.17) is 0 Å². The minimum atomic E-state index is -0.110. The predicted octanol–water partition coefficient (Wildman–Crippen LogP) is 3.96. The second-order valence-corrected chi connectivity index (χ2v) is 7.27. The Kier molecular flexibility index (Phi) is 7.02. The fourth-order valence-electron chi connectivity index (χ4n) is 3.70. The Morgan fingerprint density at radius 1 is 0.926 bits per heavy atom. The zero-order chi connectivity index (χ0) is 19.1. The van der Waals surface area contributed by atoms with E-state index < -0.39 is 0 Å². The van der Waals surface area contributed by atoms with Crippen molar-refractivity contribution in [2.45, 2.75) is 32.7 Å². The maximum absolute atomic E-state index is 12.7. The molecule has 0 aromatic heterocycles. The van der Waals surface area contributed by atoms with Gasteiger partial charge in [0.2, 0.25) is 5.91 Å². The van der Waals surface area contributed by atoms with Crippen molar-refractivity contribution in [2.75, 3.05) is 38.0 Å². The van der Waals surface area contributed by atoms with E-state index >= 15 is 0 Å². The first-order chi connectivity index (χ1) is 13.2. The van der Waals surface area contributed by atoms with Gasteiger partial charge in [0.15, 0.2) is 0 Å². The summed E-state index contributed by atoms with van der Waals surface area (Å²) in [5.41, 5.74) is 3.24. The summed E-state index contributed by atoms with van der Waals surface area (Å²) in [6.45, 7) is 11.0. The van der Waals surface area contributed by atoms with Crippen LogP contribution in [0, 0.1) is 0 Å². The van der Waals surface area contributed by atoms with Gasteiger partial charge in [-0.2, -0.15) is 0 Å². The van der Waals surface area contributed by atoms with Crippen LogP contribution in [0.1, 0.15) is 37.3 Å². The largest absolute Gasteiger partial charge is 0.326 e. The molecule has 1 aliphatic heterocycles. The molecule has 0 aliphatic carbocycles. The Morgan fingerprint density at radius 3 is 2.15 bits per heavy atom. The highest BCUT2D eigenvalue weighted by atomic mass is 16.1. The summed E-state index contributed by atoms with van der Waals surface area (Å²) in [5, 5.41) is 3.08. The molecule has 1 fully saturated rings. The van der Waals surface area contributed by atoms with Gasteiger partial charge in [-0.25, -0.2) is 0 Å². The summed E-state index contributed by atoms with van der Waals surface area (Å²) in [6.07, 6.45) is 0.789. The van der Waals surface area contributed by atoms with Gasteiger partial charge in [0, 0.05) is 38.4 Å². The molecule has 0 saturated carbocycles. The lowest BCUT2D eigenvalue weighted by Gasteiger charge is -2.34. The minimum absolute atomic E-state index is 0.0622. The first-order valence-corrected chi connectivity index (χ1v) is 10.1. The van der Waals surface area contributed by atoms with Crippen molar-refractivity contribution in [2.24, 2.45) is 0 Å². The van der Waals surface area contributed by atoms with Crippen molar-refractivity contribution in [1.82, 2.24) is 9.80 Å². The number of rotatable bonds is 7. The van der Waals surface area contributed by atoms with Crippen molar-refractivity contribution in [3.05, 3.63) is 65.7 Å². The summed E-state index contributed by atoms with van der Waals surface area (Å²) in [7, 11) is 0. The van der Waals surface area contributed by atoms with E-state index in [1.165, 1.54) is 5.56 Å². The number of carbonyl (C=O) groups excluding carboxylic acids is 1. The Labute approximate surface area is 163 Å². The first kappa shape index (κ1) is 19.6. The highest BCUT2D eigenvalue weighted by Crippen LogP contribution is 2.22. The Morgan fingerprint density at radius 2 is 1.56 bits per heavy atom. The molecule has 1 atom stereocenters. The van der Waals surface area contributed by atoms with E-state index in [1.807, 2.05) is 42.5 Å². The lowest BCUT2D eigenvalue weighted by Crippen LogP contribution is -2.45. The molecule has 2 aromatic carbocycles. The van der Waals surface area contributed by atoms with E-state index in [1.54, 1.807) is 0 Å². The Hall–Kier alpha value is -2.17. The average molecular weight is 366 g/mol. The van der Waals surface area contributed by atoms with Crippen molar-refractivity contribution in [1.29, 1.82) is 0 Å². The number of carbonyl (C=O) groups is 1. The van der Waals surface area contributed by atoms with Crippen LogP contribution in [0.15, 0.2) is 54.6 Å². The van der Waals surface area contributed by atoms with E-state index in [2.05, 4.69) is 41.1 Å². The third kappa shape index (κ3) is 5.41. The molecule has 0 radical (unpaired) electrons. The van der Waals surface area contributed by atoms with Crippen molar-refractivity contribution in [3.8, 4) is 0 Å². The molecule has 3 rings (SSSR count). The number of nitrogens with one attached hydrogen (secondary N) is 1.